The van der Waals surface area contributed by atoms with E-state index >= 15 is 0 Å². The van der Waals surface area contributed by atoms with Crippen LogP contribution >= 0.6 is 0 Å². The Morgan fingerprint density at radius 3 is 2.71 bits per heavy atom. The molecule has 3 nitrogen and oxygen atoms in total. The lowest BCUT2D eigenvalue weighted by Crippen LogP contribution is -2.14. The van der Waals surface area contributed by atoms with Crippen LogP contribution in [0.25, 0.3) is 0 Å². The van der Waals surface area contributed by atoms with Gasteiger partial charge >= 0.3 is 0 Å². The summed E-state index contributed by atoms with van der Waals surface area (Å²) in [7, 11) is 0. The van der Waals surface area contributed by atoms with Crippen molar-refractivity contribution in [2.75, 3.05) is 24.2 Å². The third-order valence-corrected chi connectivity index (χ3v) is 2.07. The van der Waals surface area contributed by atoms with Crippen molar-refractivity contribution in [2.24, 2.45) is 5.92 Å². The molecule has 4 N–H and O–H groups in total. The number of benzene rings is 1. The lowest BCUT2D eigenvalue weighted by atomic mass is 10.1. The van der Waals surface area contributed by atoms with Gasteiger partial charge in [-0.2, -0.15) is 0 Å². The number of aryl methyl sites for hydroxylation is 1. The monoisotopic (exact) mass is 194 g/mol. The first-order chi connectivity index (χ1) is 6.61. The van der Waals surface area contributed by atoms with E-state index in [1.165, 1.54) is 0 Å². The van der Waals surface area contributed by atoms with Crippen molar-refractivity contribution in [3.05, 3.63) is 23.8 Å². The molecule has 1 atom stereocenters. The van der Waals surface area contributed by atoms with Gasteiger partial charge < -0.3 is 16.2 Å². The van der Waals surface area contributed by atoms with Crippen molar-refractivity contribution >= 4 is 11.4 Å². The van der Waals surface area contributed by atoms with Crippen LogP contribution in [0.3, 0.4) is 0 Å². The smallest absolute Gasteiger partial charge is 0.0473 e. The zero-order valence-corrected chi connectivity index (χ0v) is 8.75. The zero-order chi connectivity index (χ0) is 10.6. The maximum Gasteiger partial charge on any atom is 0.0473 e. The van der Waals surface area contributed by atoms with Gasteiger partial charge in [-0.05, 0) is 36.6 Å². The summed E-state index contributed by atoms with van der Waals surface area (Å²) >= 11 is 0. The van der Waals surface area contributed by atoms with E-state index in [1.807, 2.05) is 32.0 Å². The minimum atomic E-state index is 0.203. The van der Waals surface area contributed by atoms with E-state index in [0.717, 1.165) is 23.5 Å². The Balaban J connectivity index is 2.58. The Labute approximate surface area is 84.9 Å². The topological polar surface area (TPSA) is 58.3 Å². The molecular weight excluding hydrogens is 176 g/mol. The molecular formula is C11H18N2O. The van der Waals surface area contributed by atoms with Gasteiger partial charge in [0.15, 0.2) is 0 Å². The number of hydrogen-bond donors (Lipinski definition) is 3. The van der Waals surface area contributed by atoms with Gasteiger partial charge in [0, 0.05) is 24.5 Å². The molecule has 78 valence electrons. The Morgan fingerprint density at radius 1 is 1.43 bits per heavy atom. The molecule has 0 bridgehead atoms. The molecule has 0 aliphatic heterocycles. The predicted molar refractivity (Wildman–Crippen MR) is 60.3 cm³/mol. The molecule has 0 fully saturated rings. The average molecular weight is 194 g/mol. The summed E-state index contributed by atoms with van der Waals surface area (Å²) in [5.41, 5.74) is 8.64. The number of nitrogens with two attached hydrogens (primary N) is 1. The lowest BCUT2D eigenvalue weighted by Gasteiger charge is -2.11. The van der Waals surface area contributed by atoms with Crippen molar-refractivity contribution in [3.63, 3.8) is 0 Å². The zero-order valence-electron chi connectivity index (χ0n) is 8.75. The van der Waals surface area contributed by atoms with E-state index in [4.69, 9.17) is 10.8 Å². The van der Waals surface area contributed by atoms with E-state index in [1.54, 1.807) is 0 Å². The molecule has 1 unspecified atom stereocenters. The molecule has 0 aromatic heterocycles. The van der Waals surface area contributed by atoms with Crippen LogP contribution in [-0.2, 0) is 0 Å². The fourth-order valence-corrected chi connectivity index (χ4v) is 1.27. The Morgan fingerprint density at radius 2 is 2.14 bits per heavy atom. The van der Waals surface area contributed by atoms with Crippen molar-refractivity contribution in [2.45, 2.75) is 13.8 Å². The van der Waals surface area contributed by atoms with Crippen LogP contribution < -0.4 is 11.1 Å². The van der Waals surface area contributed by atoms with E-state index in [9.17, 15) is 0 Å². The maximum absolute atomic E-state index is 8.86. The second-order valence-electron chi connectivity index (χ2n) is 3.80. The maximum atomic E-state index is 8.86. The number of rotatable bonds is 4. The van der Waals surface area contributed by atoms with Crippen molar-refractivity contribution in [1.82, 2.24) is 0 Å². The second kappa shape index (κ2) is 4.86. The number of hydrogen-bond acceptors (Lipinski definition) is 3. The summed E-state index contributed by atoms with van der Waals surface area (Å²) in [6, 6.07) is 5.87. The van der Waals surface area contributed by atoms with E-state index < -0.39 is 0 Å². The molecule has 0 aliphatic carbocycles. The lowest BCUT2D eigenvalue weighted by molar-refractivity contribution is 0.244. The molecule has 1 rings (SSSR count). The normalized spacial score (nSPS) is 12.5. The summed E-state index contributed by atoms with van der Waals surface area (Å²) in [6.07, 6.45) is 0. The fraction of sp³-hybridized carbons (Fsp3) is 0.455. The summed E-state index contributed by atoms with van der Waals surface area (Å²) in [4.78, 5) is 0. The molecule has 1 aromatic rings. The van der Waals surface area contributed by atoms with Crippen LogP contribution in [-0.4, -0.2) is 18.3 Å². The SMILES string of the molecule is Cc1cc(N)cc(NCC(C)CO)c1. The first-order valence-corrected chi connectivity index (χ1v) is 4.83. The molecule has 0 saturated heterocycles. The van der Waals surface area contributed by atoms with Gasteiger partial charge in [-0.3, -0.25) is 0 Å². The third kappa shape index (κ3) is 3.26. The molecule has 1 aromatic carbocycles. The molecule has 0 amide bonds. The van der Waals surface area contributed by atoms with Crippen LogP contribution in [0.5, 0.6) is 0 Å². The van der Waals surface area contributed by atoms with Crippen LogP contribution in [0.2, 0.25) is 0 Å². The molecule has 14 heavy (non-hydrogen) atoms. The van der Waals surface area contributed by atoms with Gasteiger partial charge in [0.05, 0.1) is 0 Å². The first kappa shape index (κ1) is 10.9. The summed E-state index contributed by atoms with van der Waals surface area (Å²) in [6.45, 7) is 4.97. The highest BCUT2D eigenvalue weighted by molar-refractivity contribution is 5.56. The summed E-state index contributed by atoms with van der Waals surface area (Å²) in [5, 5.41) is 12.1. The van der Waals surface area contributed by atoms with Gasteiger partial charge in [-0.25, -0.2) is 0 Å². The largest absolute Gasteiger partial charge is 0.399 e. The van der Waals surface area contributed by atoms with Crippen LogP contribution in [0.4, 0.5) is 11.4 Å². The van der Waals surface area contributed by atoms with Gasteiger partial charge in [0.25, 0.3) is 0 Å². The van der Waals surface area contributed by atoms with Crippen molar-refractivity contribution in [1.29, 1.82) is 0 Å². The van der Waals surface area contributed by atoms with E-state index in [2.05, 4.69) is 5.32 Å². The summed E-state index contributed by atoms with van der Waals surface area (Å²) < 4.78 is 0. The predicted octanol–water partition coefficient (Wildman–Crippen LogP) is 1.62. The average Bonchev–Trinajstić information content (AvgIpc) is 2.12. The Bertz CT molecular complexity index is 279. The van der Waals surface area contributed by atoms with Crippen LogP contribution in [0.1, 0.15) is 12.5 Å². The van der Waals surface area contributed by atoms with Crippen molar-refractivity contribution in [3.8, 4) is 0 Å². The Kier molecular flexibility index (Phi) is 3.77. The highest BCUT2D eigenvalue weighted by Crippen LogP contribution is 2.16. The van der Waals surface area contributed by atoms with E-state index in [-0.39, 0.29) is 12.5 Å². The molecule has 0 saturated carbocycles. The summed E-state index contributed by atoms with van der Waals surface area (Å²) in [5.74, 6) is 0.261. The highest BCUT2D eigenvalue weighted by atomic mass is 16.3. The van der Waals surface area contributed by atoms with Crippen LogP contribution in [0, 0.1) is 12.8 Å². The quantitative estimate of drug-likeness (QED) is 0.638. The third-order valence-electron chi connectivity index (χ3n) is 2.07. The molecule has 0 heterocycles. The minimum absolute atomic E-state index is 0.203. The Hall–Kier alpha value is -1.22. The van der Waals surface area contributed by atoms with Gasteiger partial charge in [0.1, 0.15) is 0 Å². The fourth-order valence-electron chi connectivity index (χ4n) is 1.27. The number of aliphatic hydroxyl groups excluding tert-OH is 1. The number of nitrogens with one attached hydrogen (secondary N) is 1. The second-order valence-corrected chi connectivity index (χ2v) is 3.80. The number of aliphatic hydroxyl groups is 1. The minimum Gasteiger partial charge on any atom is -0.399 e. The highest BCUT2D eigenvalue weighted by Gasteiger charge is 2.00. The van der Waals surface area contributed by atoms with Crippen molar-refractivity contribution < 1.29 is 5.11 Å². The van der Waals surface area contributed by atoms with Crippen LogP contribution in [0.15, 0.2) is 18.2 Å². The molecule has 3 heteroatoms. The van der Waals surface area contributed by atoms with Gasteiger partial charge in [-0.15, -0.1) is 0 Å². The first-order valence-electron chi connectivity index (χ1n) is 4.83. The van der Waals surface area contributed by atoms with Gasteiger partial charge in [-0.1, -0.05) is 6.92 Å². The standard InChI is InChI=1S/C11H18N2O/c1-8-3-10(12)5-11(4-8)13-6-9(2)7-14/h3-5,9,13-14H,6-7,12H2,1-2H3. The van der Waals surface area contributed by atoms with E-state index in [0.29, 0.717) is 0 Å². The van der Waals surface area contributed by atoms with Gasteiger partial charge in [0.2, 0.25) is 0 Å². The molecule has 0 aliphatic rings. The number of anilines is 2. The number of nitrogen functional groups attached to an aromatic ring is 1. The molecule has 0 spiro atoms. The molecule has 0 radical (unpaired) electrons.